The van der Waals surface area contributed by atoms with Crippen LogP contribution in [0, 0.1) is 5.92 Å². The lowest BCUT2D eigenvalue weighted by Crippen LogP contribution is -2.45. The summed E-state index contributed by atoms with van der Waals surface area (Å²) in [7, 11) is 0. The van der Waals surface area contributed by atoms with Gasteiger partial charge in [0.1, 0.15) is 0 Å². The molecule has 0 amide bonds. The van der Waals surface area contributed by atoms with Crippen LogP contribution in [0.4, 0.5) is 0 Å². The minimum Gasteiger partial charge on any atom is -0.395 e. The average molecular weight is 201 g/mol. The van der Waals surface area contributed by atoms with E-state index in [9.17, 15) is 10.2 Å². The molecule has 14 heavy (non-hydrogen) atoms. The number of aliphatic hydroxyl groups excluding tert-OH is 1. The van der Waals surface area contributed by atoms with E-state index in [-0.39, 0.29) is 12.6 Å². The first-order chi connectivity index (χ1) is 6.50. The third-order valence-electron chi connectivity index (χ3n) is 3.49. The summed E-state index contributed by atoms with van der Waals surface area (Å²) in [5, 5.41) is 19.2. The minimum absolute atomic E-state index is 0.209. The molecule has 1 saturated heterocycles. The highest BCUT2D eigenvalue weighted by Crippen LogP contribution is 2.25. The molecule has 0 saturated carbocycles. The molecule has 1 aliphatic rings. The predicted octanol–water partition coefficient (Wildman–Crippen LogP) is 0.850. The van der Waals surface area contributed by atoms with Crippen LogP contribution in [0.25, 0.3) is 0 Å². The predicted molar refractivity (Wildman–Crippen MR) is 57.1 cm³/mol. The van der Waals surface area contributed by atoms with Gasteiger partial charge in [-0.3, -0.25) is 4.90 Å². The molecule has 3 nitrogen and oxygen atoms in total. The first-order valence-corrected chi connectivity index (χ1v) is 5.57. The Morgan fingerprint density at radius 3 is 2.64 bits per heavy atom. The first-order valence-electron chi connectivity index (χ1n) is 5.57. The molecule has 1 fully saturated rings. The SMILES string of the molecule is CCC(C)(O)CN1CCC(C)C1CO. The van der Waals surface area contributed by atoms with Gasteiger partial charge >= 0.3 is 0 Å². The Morgan fingerprint density at radius 1 is 1.50 bits per heavy atom. The Morgan fingerprint density at radius 2 is 2.14 bits per heavy atom. The number of hydrogen-bond acceptors (Lipinski definition) is 3. The Balaban J connectivity index is 2.52. The molecule has 3 heteroatoms. The molecule has 0 aliphatic carbocycles. The molecule has 84 valence electrons. The minimum atomic E-state index is -0.614. The molecule has 0 aromatic rings. The quantitative estimate of drug-likeness (QED) is 0.708. The van der Waals surface area contributed by atoms with Crippen molar-refractivity contribution in [1.82, 2.24) is 4.90 Å². The molecule has 3 atom stereocenters. The first kappa shape index (κ1) is 12.0. The van der Waals surface area contributed by atoms with E-state index in [0.29, 0.717) is 12.5 Å². The maximum atomic E-state index is 9.96. The van der Waals surface area contributed by atoms with Crippen molar-refractivity contribution >= 4 is 0 Å². The number of nitrogens with zero attached hydrogens (tertiary/aromatic N) is 1. The van der Waals surface area contributed by atoms with Crippen LogP contribution in [-0.2, 0) is 0 Å². The zero-order valence-electron chi connectivity index (χ0n) is 9.53. The van der Waals surface area contributed by atoms with Gasteiger partial charge in [-0.15, -0.1) is 0 Å². The summed E-state index contributed by atoms with van der Waals surface area (Å²) in [6.07, 6.45) is 1.89. The summed E-state index contributed by atoms with van der Waals surface area (Å²) in [5.41, 5.74) is -0.614. The maximum absolute atomic E-state index is 9.96. The van der Waals surface area contributed by atoms with Crippen LogP contribution >= 0.6 is 0 Å². The molecule has 1 heterocycles. The Bertz CT molecular complexity index is 182. The van der Waals surface area contributed by atoms with E-state index in [1.54, 1.807) is 0 Å². The lowest BCUT2D eigenvalue weighted by molar-refractivity contribution is 0.00247. The van der Waals surface area contributed by atoms with Crippen LogP contribution in [0.15, 0.2) is 0 Å². The molecule has 3 unspecified atom stereocenters. The zero-order valence-corrected chi connectivity index (χ0v) is 9.53. The average Bonchev–Trinajstić information content (AvgIpc) is 2.46. The fraction of sp³-hybridized carbons (Fsp3) is 1.00. The van der Waals surface area contributed by atoms with Gasteiger partial charge < -0.3 is 10.2 Å². The summed E-state index contributed by atoms with van der Waals surface area (Å²) in [6.45, 7) is 7.92. The molecular formula is C11H23NO2. The standard InChI is InChI=1S/C11H23NO2/c1-4-11(3,14)8-12-6-5-9(2)10(12)7-13/h9-10,13-14H,4-8H2,1-3H3. The summed E-state index contributed by atoms with van der Waals surface area (Å²) in [4.78, 5) is 2.22. The number of β-amino-alcohol motifs (C(OH)–C–C–N with tert-alkyl or cyclic N) is 1. The molecule has 0 aromatic heterocycles. The van der Waals surface area contributed by atoms with E-state index in [4.69, 9.17) is 0 Å². The highest BCUT2D eigenvalue weighted by atomic mass is 16.3. The van der Waals surface area contributed by atoms with Crippen molar-refractivity contribution in [3.63, 3.8) is 0 Å². The lowest BCUT2D eigenvalue weighted by atomic mass is 10.0. The number of likely N-dealkylation sites (tertiary alicyclic amines) is 1. The smallest absolute Gasteiger partial charge is 0.0743 e. The van der Waals surface area contributed by atoms with E-state index in [1.807, 2.05) is 13.8 Å². The lowest BCUT2D eigenvalue weighted by Gasteiger charge is -2.32. The van der Waals surface area contributed by atoms with Crippen molar-refractivity contribution in [1.29, 1.82) is 0 Å². The van der Waals surface area contributed by atoms with Gasteiger partial charge in [0, 0.05) is 12.6 Å². The topological polar surface area (TPSA) is 43.7 Å². The van der Waals surface area contributed by atoms with Crippen LogP contribution in [0.1, 0.15) is 33.6 Å². The Labute approximate surface area is 86.7 Å². The summed E-state index contributed by atoms with van der Waals surface area (Å²) >= 11 is 0. The second-order valence-corrected chi connectivity index (χ2v) is 4.84. The van der Waals surface area contributed by atoms with Gasteiger partial charge in [-0.2, -0.15) is 0 Å². The second-order valence-electron chi connectivity index (χ2n) is 4.84. The van der Waals surface area contributed by atoms with E-state index in [0.717, 1.165) is 19.4 Å². The van der Waals surface area contributed by atoms with Crippen molar-refractivity contribution < 1.29 is 10.2 Å². The third kappa shape index (κ3) is 2.69. The van der Waals surface area contributed by atoms with Crippen molar-refractivity contribution in [3.05, 3.63) is 0 Å². The normalized spacial score (nSPS) is 33.2. The number of hydrogen-bond donors (Lipinski definition) is 2. The Kier molecular flexibility index (Phi) is 3.93. The van der Waals surface area contributed by atoms with Crippen molar-refractivity contribution in [2.75, 3.05) is 19.7 Å². The van der Waals surface area contributed by atoms with Gasteiger partial charge in [-0.05, 0) is 32.2 Å². The molecule has 0 radical (unpaired) electrons. The van der Waals surface area contributed by atoms with E-state index >= 15 is 0 Å². The summed E-state index contributed by atoms with van der Waals surface area (Å²) in [6, 6.07) is 0.244. The second kappa shape index (κ2) is 4.60. The van der Waals surface area contributed by atoms with Crippen LogP contribution in [0.2, 0.25) is 0 Å². The van der Waals surface area contributed by atoms with Gasteiger partial charge in [0.15, 0.2) is 0 Å². The van der Waals surface area contributed by atoms with Gasteiger partial charge in [0.05, 0.1) is 12.2 Å². The fourth-order valence-corrected chi connectivity index (χ4v) is 2.13. The molecule has 0 aromatic carbocycles. The van der Waals surface area contributed by atoms with Gasteiger partial charge in [-0.1, -0.05) is 13.8 Å². The van der Waals surface area contributed by atoms with Gasteiger partial charge in [0.25, 0.3) is 0 Å². The monoisotopic (exact) mass is 201 g/mol. The van der Waals surface area contributed by atoms with Gasteiger partial charge in [0.2, 0.25) is 0 Å². The number of rotatable bonds is 4. The molecule has 0 bridgehead atoms. The third-order valence-corrected chi connectivity index (χ3v) is 3.49. The Hall–Kier alpha value is -0.120. The fourth-order valence-electron chi connectivity index (χ4n) is 2.13. The van der Waals surface area contributed by atoms with Crippen molar-refractivity contribution in [3.8, 4) is 0 Å². The van der Waals surface area contributed by atoms with E-state index in [2.05, 4.69) is 11.8 Å². The van der Waals surface area contributed by atoms with E-state index < -0.39 is 5.60 Å². The largest absolute Gasteiger partial charge is 0.395 e. The van der Waals surface area contributed by atoms with Crippen molar-refractivity contribution in [2.45, 2.75) is 45.3 Å². The van der Waals surface area contributed by atoms with Gasteiger partial charge in [-0.25, -0.2) is 0 Å². The van der Waals surface area contributed by atoms with E-state index in [1.165, 1.54) is 0 Å². The molecule has 1 rings (SSSR count). The molecular weight excluding hydrogens is 178 g/mol. The maximum Gasteiger partial charge on any atom is 0.0743 e. The van der Waals surface area contributed by atoms with Crippen molar-refractivity contribution in [2.24, 2.45) is 5.92 Å². The van der Waals surface area contributed by atoms with Crippen LogP contribution in [0.3, 0.4) is 0 Å². The number of aliphatic hydroxyl groups is 2. The van der Waals surface area contributed by atoms with Crippen LogP contribution in [0.5, 0.6) is 0 Å². The highest BCUT2D eigenvalue weighted by molar-refractivity contribution is 4.88. The summed E-state index contributed by atoms with van der Waals surface area (Å²) < 4.78 is 0. The highest BCUT2D eigenvalue weighted by Gasteiger charge is 2.34. The molecule has 1 aliphatic heterocycles. The van der Waals surface area contributed by atoms with Crippen LogP contribution < -0.4 is 0 Å². The molecule has 0 spiro atoms. The zero-order chi connectivity index (χ0) is 10.8. The van der Waals surface area contributed by atoms with Crippen LogP contribution in [-0.4, -0.2) is 46.5 Å². The molecule has 2 N–H and O–H groups in total. The summed E-state index contributed by atoms with van der Waals surface area (Å²) in [5.74, 6) is 0.549.